The first-order valence-electron chi connectivity index (χ1n) is 11.6. The fourth-order valence-corrected chi connectivity index (χ4v) is 4.46. The van der Waals surface area contributed by atoms with Crippen molar-refractivity contribution in [1.29, 1.82) is 0 Å². The summed E-state index contributed by atoms with van der Waals surface area (Å²) in [6.45, 7) is 3.88. The van der Waals surface area contributed by atoms with Gasteiger partial charge < -0.3 is 15.1 Å². The van der Waals surface area contributed by atoms with Gasteiger partial charge in [-0.25, -0.2) is 0 Å². The van der Waals surface area contributed by atoms with Gasteiger partial charge in [0.25, 0.3) is 0 Å². The molecule has 2 aromatic heterocycles. The summed E-state index contributed by atoms with van der Waals surface area (Å²) in [5.41, 5.74) is 1.16. The monoisotopic (exact) mass is 409 g/mol. The molecular weight excluding hydrogens is 374 g/mol. The van der Waals surface area contributed by atoms with E-state index in [0.717, 1.165) is 62.9 Å². The van der Waals surface area contributed by atoms with Crippen LogP contribution in [0.15, 0.2) is 52.2 Å². The van der Waals surface area contributed by atoms with Crippen LogP contribution in [0.2, 0.25) is 0 Å². The SMILES string of the molecule is c1ccc(CN2CCC(NC(=NCCc3ccco3)NC3CCCCC3)CC2)nc1. The number of nitrogens with zero attached hydrogens (tertiary/aromatic N) is 3. The number of hydrogen-bond acceptors (Lipinski definition) is 4. The second-order valence-electron chi connectivity index (χ2n) is 8.55. The predicted octanol–water partition coefficient (Wildman–Crippen LogP) is 3.75. The van der Waals surface area contributed by atoms with E-state index in [-0.39, 0.29) is 0 Å². The number of furan rings is 1. The van der Waals surface area contributed by atoms with Crippen molar-refractivity contribution in [2.75, 3.05) is 19.6 Å². The summed E-state index contributed by atoms with van der Waals surface area (Å²) in [4.78, 5) is 11.9. The lowest BCUT2D eigenvalue weighted by atomic mass is 9.95. The highest BCUT2D eigenvalue weighted by atomic mass is 16.3. The zero-order valence-electron chi connectivity index (χ0n) is 17.9. The summed E-state index contributed by atoms with van der Waals surface area (Å²) in [7, 11) is 0. The van der Waals surface area contributed by atoms with Gasteiger partial charge in [0.1, 0.15) is 5.76 Å². The van der Waals surface area contributed by atoms with Crippen LogP contribution in [0.4, 0.5) is 0 Å². The summed E-state index contributed by atoms with van der Waals surface area (Å²) < 4.78 is 5.46. The summed E-state index contributed by atoms with van der Waals surface area (Å²) in [6.07, 6.45) is 13.2. The molecule has 0 bridgehead atoms. The highest BCUT2D eigenvalue weighted by molar-refractivity contribution is 5.80. The van der Waals surface area contributed by atoms with Crippen LogP contribution in [-0.2, 0) is 13.0 Å². The third-order valence-electron chi connectivity index (χ3n) is 6.19. The van der Waals surface area contributed by atoms with Gasteiger partial charge in [-0.2, -0.15) is 0 Å². The van der Waals surface area contributed by atoms with E-state index in [1.807, 2.05) is 24.4 Å². The lowest BCUT2D eigenvalue weighted by Crippen LogP contribution is -2.51. The number of guanidine groups is 1. The van der Waals surface area contributed by atoms with E-state index >= 15 is 0 Å². The standard InChI is InChI=1S/C24H35N5O/c1-2-7-20(8-3-1)27-24(26-15-11-23-10-6-18-30-23)28-21-12-16-29(17-13-21)19-22-9-4-5-14-25-22/h4-6,9-10,14,18,20-21H,1-3,7-8,11-13,15-17,19H2,(H2,26,27,28). The minimum atomic E-state index is 0.475. The number of piperidine rings is 1. The second kappa shape index (κ2) is 11.2. The van der Waals surface area contributed by atoms with E-state index in [1.165, 1.54) is 32.1 Å². The maximum absolute atomic E-state index is 5.46. The number of likely N-dealkylation sites (tertiary alicyclic amines) is 1. The summed E-state index contributed by atoms with van der Waals surface area (Å²) >= 11 is 0. The number of hydrogen-bond donors (Lipinski definition) is 2. The Morgan fingerprint density at radius 3 is 2.50 bits per heavy atom. The van der Waals surface area contributed by atoms with E-state index in [9.17, 15) is 0 Å². The van der Waals surface area contributed by atoms with Crippen LogP contribution in [0, 0.1) is 0 Å². The Kier molecular flexibility index (Phi) is 7.78. The molecule has 3 heterocycles. The molecule has 2 N–H and O–H groups in total. The van der Waals surface area contributed by atoms with Crippen molar-refractivity contribution in [2.45, 2.75) is 70.0 Å². The lowest BCUT2D eigenvalue weighted by molar-refractivity contribution is 0.196. The van der Waals surface area contributed by atoms with Crippen molar-refractivity contribution in [3.05, 3.63) is 54.2 Å². The first-order valence-corrected chi connectivity index (χ1v) is 11.6. The van der Waals surface area contributed by atoms with Gasteiger partial charge in [-0.1, -0.05) is 25.3 Å². The molecule has 0 spiro atoms. The molecule has 2 fully saturated rings. The predicted molar refractivity (Wildman–Crippen MR) is 120 cm³/mol. The molecular formula is C24H35N5O. The molecule has 6 nitrogen and oxygen atoms in total. The molecule has 2 aliphatic rings. The Hall–Kier alpha value is -2.34. The molecule has 0 aromatic carbocycles. The Morgan fingerprint density at radius 1 is 1.00 bits per heavy atom. The first kappa shape index (κ1) is 20.9. The maximum Gasteiger partial charge on any atom is 0.191 e. The molecule has 162 valence electrons. The minimum absolute atomic E-state index is 0.475. The number of nitrogens with one attached hydrogen (secondary N) is 2. The highest BCUT2D eigenvalue weighted by Gasteiger charge is 2.22. The molecule has 0 radical (unpaired) electrons. The van der Waals surface area contributed by atoms with Crippen LogP contribution >= 0.6 is 0 Å². The molecule has 6 heteroatoms. The molecule has 30 heavy (non-hydrogen) atoms. The van der Waals surface area contributed by atoms with Gasteiger partial charge in [0.05, 0.1) is 12.0 Å². The molecule has 4 rings (SSSR count). The van der Waals surface area contributed by atoms with E-state index in [2.05, 4.69) is 32.7 Å². The normalized spacial score (nSPS) is 19.7. The molecule has 1 saturated carbocycles. The van der Waals surface area contributed by atoms with Crippen LogP contribution < -0.4 is 10.6 Å². The second-order valence-corrected chi connectivity index (χ2v) is 8.55. The van der Waals surface area contributed by atoms with Crippen molar-refractivity contribution in [2.24, 2.45) is 4.99 Å². The molecule has 0 unspecified atom stereocenters. The van der Waals surface area contributed by atoms with Gasteiger partial charge in [-0.3, -0.25) is 14.9 Å². The summed E-state index contributed by atoms with van der Waals surface area (Å²) in [6, 6.07) is 11.2. The van der Waals surface area contributed by atoms with Crippen LogP contribution in [0.3, 0.4) is 0 Å². The number of aromatic nitrogens is 1. The number of rotatable bonds is 7. The fourth-order valence-electron chi connectivity index (χ4n) is 4.46. The fraction of sp³-hybridized carbons (Fsp3) is 0.583. The molecule has 0 atom stereocenters. The van der Waals surface area contributed by atoms with Crippen LogP contribution in [0.5, 0.6) is 0 Å². The van der Waals surface area contributed by atoms with E-state index in [0.29, 0.717) is 12.1 Å². The van der Waals surface area contributed by atoms with Crippen LogP contribution in [-0.4, -0.2) is 47.6 Å². The van der Waals surface area contributed by atoms with Crippen molar-refractivity contribution >= 4 is 5.96 Å². The van der Waals surface area contributed by atoms with Gasteiger partial charge in [0, 0.05) is 50.9 Å². The zero-order chi connectivity index (χ0) is 20.4. The summed E-state index contributed by atoms with van der Waals surface area (Å²) in [5, 5.41) is 7.45. The average molecular weight is 410 g/mol. The van der Waals surface area contributed by atoms with Crippen LogP contribution in [0.1, 0.15) is 56.4 Å². The average Bonchev–Trinajstić information content (AvgIpc) is 3.30. The summed E-state index contributed by atoms with van der Waals surface area (Å²) in [5.74, 6) is 1.98. The van der Waals surface area contributed by atoms with Crippen LogP contribution in [0.25, 0.3) is 0 Å². The highest BCUT2D eigenvalue weighted by Crippen LogP contribution is 2.18. The smallest absolute Gasteiger partial charge is 0.191 e. The van der Waals surface area contributed by atoms with Crippen molar-refractivity contribution in [3.63, 3.8) is 0 Å². The Balaban J connectivity index is 1.28. The Labute approximate surface area is 180 Å². The minimum Gasteiger partial charge on any atom is -0.469 e. The van der Waals surface area contributed by atoms with Gasteiger partial charge in [0.2, 0.25) is 0 Å². The first-order chi connectivity index (χ1) is 14.8. The Bertz CT molecular complexity index is 747. The molecule has 1 aliphatic heterocycles. The quantitative estimate of drug-likeness (QED) is 0.539. The number of aliphatic imine (C=N–C) groups is 1. The molecule has 1 aliphatic carbocycles. The topological polar surface area (TPSA) is 65.7 Å². The van der Waals surface area contributed by atoms with Gasteiger partial charge in [0.15, 0.2) is 5.96 Å². The van der Waals surface area contributed by atoms with Gasteiger partial charge in [-0.15, -0.1) is 0 Å². The van der Waals surface area contributed by atoms with Gasteiger partial charge >= 0.3 is 0 Å². The van der Waals surface area contributed by atoms with Crippen molar-refractivity contribution in [3.8, 4) is 0 Å². The maximum atomic E-state index is 5.46. The van der Waals surface area contributed by atoms with E-state index in [4.69, 9.17) is 9.41 Å². The number of pyridine rings is 1. The molecule has 1 saturated heterocycles. The van der Waals surface area contributed by atoms with E-state index in [1.54, 1.807) is 6.26 Å². The third-order valence-corrected chi connectivity index (χ3v) is 6.19. The molecule has 0 amide bonds. The molecule has 2 aromatic rings. The Morgan fingerprint density at radius 2 is 1.80 bits per heavy atom. The van der Waals surface area contributed by atoms with Gasteiger partial charge in [-0.05, 0) is 49.9 Å². The zero-order valence-corrected chi connectivity index (χ0v) is 17.9. The van der Waals surface area contributed by atoms with E-state index < -0.39 is 0 Å². The third kappa shape index (κ3) is 6.59. The van der Waals surface area contributed by atoms with Crippen molar-refractivity contribution in [1.82, 2.24) is 20.5 Å². The lowest BCUT2D eigenvalue weighted by Gasteiger charge is -2.34. The largest absolute Gasteiger partial charge is 0.469 e. The van der Waals surface area contributed by atoms with Crippen molar-refractivity contribution < 1.29 is 4.42 Å².